The van der Waals surface area contributed by atoms with Crippen LogP contribution in [0.1, 0.15) is 116 Å². The molecule has 62 nitrogen and oxygen atoms in total. The smallest absolute Gasteiger partial charge is 0.726 e. The van der Waals surface area contributed by atoms with E-state index < -0.39 is 310 Å². The minimum Gasteiger partial charge on any atom is -0.726 e. The van der Waals surface area contributed by atoms with Gasteiger partial charge in [-0.2, -0.15) is 0 Å². The average Bonchev–Trinajstić information content (AvgIpc) is 0.746. The minimum absolute atomic E-state index is 0. The summed E-state index contributed by atoms with van der Waals surface area (Å²) < 4.78 is 576. The summed E-state index contributed by atoms with van der Waals surface area (Å²) in [5, 5.41) is 2.43. The van der Waals surface area contributed by atoms with Crippen molar-refractivity contribution in [3.8, 4) is 0 Å². The Labute approximate surface area is 1060 Å². The largest absolute Gasteiger partial charge is 1.00 e. The van der Waals surface area contributed by atoms with E-state index >= 15 is 0 Å². The van der Waals surface area contributed by atoms with E-state index in [2.05, 4.69) is 66.6 Å². The van der Waals surface area contributed by atoms with Gasteiger partial charge in [-0.25, -0.2) is 109 Å². The second kappa shape index (κ2) is 73.9. The Kier molecular flexibility index (Phi) is 90.8. The summed E-state index contributed by atoms with van der Waals surface area (Å²) in [4.78, 5) is 12.7. The number of hydrogen-bond donors (Lipinski definition) is 1. The molecule has 1 N–H and O–H groups in total. The summed E-state index contributed by atoms with van der Waals surface area (Å²) in [5.41, 5.74) is 0. The Morgan fingerprint density at radius 1 is 0.241 bits per heavy atom. The maximum atomic E-state index is 12.8. The first-order chi connectivity index (χ1) is 54.5. The maximum Gasteiger partial charge on any atom is 1.00 e. The number of unbranched alkanes of at least 4 members (excludes halogenated alkanes) is 14. The van der Waals surface area contributed by atoms with Crippen LogP contribution in [0.25, 0.3) is 0 Å². The van der Waals surface area contributed by atoms with Crippen molar-refractivity contribution in [2.75, 3.05) is 39.6 Å². The predicted molar refractivity (Wildman–Crippen MR) is 346 cm³/mol. The van der Waals surface area contributed by atoms with Crippen LogP contribution in [0.5, 0.6) is 0 Å². The van der Waals surface area contributed by atoms with Crippen molar-refractivity contribution < 1.29 is 650 Å². The van der Waals surface area contributed by atoms with Crippen molar-refractivity contribution in [3.63, 3.8) is 0 Å². The van der Waals surface area contributed by atoms with Crippen LogP contribution in [0, 0.1) is 0 Å². The van der Waals surface area contributed by atoms with Crippen LogP contribution in [0.15, 0.2) is 0 Å². The van der Waals surface area contributed by atoms with Crippen LogP contribution < -0.4 is 390 Å². The van der Waals surface area contributed by atoms with Gasteiger partial charge in [0.1, 0.15) is 73.2 Å². The number of hydrogen-bond acceptors (Lipinski definition) is 61. The van der Waals surface area contributed by atoms with Crippen LogP contribution >= 0.6 is 0 Å². The molecule has 0 aromatic rings. The molecule has 1 amide bonds. The molecule has 0 aromatic heterocycles. The summed E-state index contributed by atoms with van der Waals surface area (Å²) >= 11 is 0. The second-order valence-electron chi connectivity index (χ2n) is 24.7. The minimum atomic E-state index is -7.14. The molecule has 4 aliphatic heterocycles. The topological polar surface area (TPSA) is 967 Å². The van der Waals surface area contributed by atoms with Crippen LogP contribution in [-0.2, 0) is 232 Å². The number of ether oxygens (including phenoxy) is 8. The van der Waals surface area contributed by atoms with Gasteiger partial charge < -0.3 is 102 Å². The molecule has 0 saturated carbocycles. The maximum absolute atomic E-state index is 12.8. The Morgan fingerprint density at radius 3 is 0.654 bits per heavy atom. The normalized spacial score (nSPS) is 26.2. The van der Waals surface area contributed by atoms with Crippen LogP contribution in [0.2, 0.25) is 0 Å². The number of carbonyl (C=O) groups is 1. The van der Waals surface area contributed by atoms with E-state index in [-0.39, 0.29) is 391 Å². The Hall–Kier alpha value is 10.5. The fourth-order valence-electron chi connectivity index (χ4n) is 11.5. The van der Waals surface area contributed by atoms with Crippen LogP contribution in [0.3, 0.4) is 0 Å². The van der Waals surface area contributed by atoms with E-state index in [4.69, 9.17) is 37.9 Å². The average molecular weight is 2320 g/mol. The fraction of sp³-hybridized carbons (Fsp3) is 0.978. The number of rotatable bonds is 57. The third-order valence-electron chi connectivity index (χ3n) is 15.7. The first-order valence-electron chi connectivity index (χ1n) is 33.1. The molecule has 133 heavy (non-hydrogen) atoms. The summed E-state index contributed by atoms with van der Waals surface area (Å²) in [6, 6.07) is 0. The van der Waals surface area contributed by atoms with E-state index in [1.54, 1.807) is 0 Å². The van der Waals surface area contributed by atoms with Crippen molar-refractivity contribution in [1.82, 2.24) is 5.32 Å². The summed E-state index contributed by atoms with van der Waals surface area (Å²) in [6.07, 6.45) is -60.5. The van der Waals surface area contributed by atoms with Gasteiger partial charge in [0, 0.05) is 13.0 Å². The van der Waals surface area contributed by atoms with E-state index in [9.17, 15) is 173 Å². The fourth-order valence-corrected chi connectivity index (χ4v) is 17.1. The molecule has 0 bridgehead atoms. The molecule has 0 spiro atoms. The third kappa shape index (κ3) is 72.8. The quantitative estimate of drug-likeness (QED) is 0.0256. The second-order valence-corrected chi connectivity index (χ2v) is 38.0. The SMILES string of the molecule is CCCCCCCCCCCCCCCCCC(=O)NCCCO[C@@H]1O[C@H](COS(=O)(=O)[O-])[C@@H](O[C@H]2O[C@H](COS(=O)(=O)[O-])[C@@H](O[C@H]3O[C@H](COS(=O)(=O)[O-])[C@@H](O[C@H]4O[C@H](COS(=O)(=O)[O-])[C@@H](OS(=O)(=O)[O-])[C@H](OS(=O)(=O)[O-])[C@H]4OS(=O)(=O)[O-])[C@H](OS(=O)(=O)[O-])[C@H]3OS(=O)(=O)[O-])[C@H](OS(=O)(=O)[O-])[C@H]2OS(=O)(=O)[O-])[C@H](OS(=O)(=O)[O-])[C@H]1OS(=O)(=O)[O-].[Na+].[Na+].[Na+].[Na+].[Na+].[Na+].[Na+].[Na+].[Na+].[Na+].[Na+].[Na+].[Na+]. The Morgan fingerprint density at radius 2 is 0.429 bits per heavy atom. The van der Waals surface area contributed by atoms with E-state index in [1.165, 1.54) is 25.7 Å². The molecular weight excluding hydrogens is 2250 g/mol. The molecule has 0 aliphatic carbocycles. The zero-order valence-corrected chi connectivity index (χ0v) is 110. The summed E-state index contributed by atoms with van der Waals surface area (Å²) in [5.74, 6) is -0.585. The zero-order valence-electron chi connectivity index (χ0n) is 73.0. The van der Waals surface area contributed by atoms with E-state index in [0.717, 1.165) is 57.8 Å². The molecular formula is C45H70NNa13O61S13. The van der Waals surface area contributed by atoms with Crippen LogP contribution in [-0.4, -0.2) is 337 Å². The number of carbonyl (C=O) groups excluding carboxylic acids is 1. The Balaban J connectivity index is -0.00000145. The molecule has 88 heteroatoms. The molecule has 4 fully saturated rings. The van der Waals surface area contributed by atoms with Gasteiger partial charge in [0.2, 0.25) is 141 Å². The third-order valence-corrected chi connectivity index (χ3v) is 21.6. The van der Waals surface area contributed by atoms with Gasteiger partial charge in [0.05, 0.1) is 33.0 Å². The first kappa shape index (κ1) is 163. The van der Waals surface area contributed by atoms with Crippen molar-refractivity contribution in [1.29, 1.82) is 0 Å². The van der Waals surface area contributed by atoms with Gasteiger partial charge in [-0.3, -0.25) is 59.2 Å². The zero-order chi connectivity index (χ0) is 91.4. The molecule has 0 unspecified atom stereocenters. The van der Waals surface area contributed by atoms with Gasteiger partial charge in [-0.1, -0.05) is 96.8 Å². The van der Waals surface area contributed by atoms with Crippen molar-refractivity contribution in [2.24, 2.45) is 0 Å². The van der Waals surface area contributed by atoms with Crippen molar-refractivity contribution in [3.05, 3.63) is 0 Å². The standard InChI is InChI=1S/C45H83NO61S13.13Na/c1-2-3-4-5-6-7-8-9-10-11-12-13-14-15-16-18-29(47)46-19-17-20-87-42-38(104-117(75,76)77)34(100-113(63,64)65)30(25(92-42)21-88-108(48,49)50)96-43-39(105-118(78,79)80)35(101-114(66,67)68)31(26(93-43)22-89-109(51,52)53)97-44-40(106-119(81,82)83)36(102-115(69,70)71)32(27(94-44)23-90-110(54,55)56)98-45-41(107-120(84,85)86)37(103-116(72,73)74)33(99-112(60,61)62)28(95-45)24-91-111(57,58)59;;;;;;;;;;;;;/h25-28,30-45H,2-24H2,1H3,(H,46,47)(H,48,49,50)(H,51,52,53)(H,54,55,56)(H,57,58,59)(H,60,61,62)(H,63,64,65)(H,66,67,68)(H,69,70,71)(H,72,73,74)(H,75,76,77)(H,78,79,80)(H,81,82,83)(H,84,85,86);;;;;;;;;;;;;/q;13*+1/p-13/t25-,26-,27-,28-,30-,31-,32-,33-,34+,35+,36+,37+,38-,39-,40-,41-,42-,43-,44-,45-;;;;;;;;;;;;;/m1............./s1. The van der Waals surface area contributed by atoms with Gasteiger partial charge in [0.15, 0.2) is 49.6 Å². The first-order valence-corrected chi connectivity index (χ1v) is 50.4. The van der Waals surface area contributed by atoms with Crippen LogP contribution in [0.4, 0.5) is 0 Å². The molecule has 4 saturated heterocycles. The van der Waals surface area contributed by atoms with Gasteiger partial charge in [-0.05, 0) is 12.8 Å². The molecule has 0 aromatic carbocycles. The molecule has 0 radical (unpaired) electrons. The molecule has 20 atom stereocenters. The Bertz CT molecular complexity index is 4940. The number of nitrogens with one attached hydrogen (secondary N) is 1. The summed E-state index contributed by atoms with van der Waals surface area (Å²) in [7, 11) is -88.0. The van der Waals surface area contributed by atoms with E-state index in [0.29, 0.717) is 12.8 Å². The molecule has 4 heterocycles. The predicted octanol–water partition coefficient (Wildman–Crippen LogP) is -48.6. The monoisotopic (exact) mass is 2310 g/mol. The number of amides is 1. The van der Waals surface area contributed by atoms with Gasteiger partial charge in [0.25, 0.3) is 0 Å². The van der Waals surface area contributed by atoms with Gasteiger partial charge in [-0.15, -0.1) is 0 Å². The van der Waals surface area contributed by atoms with Crippen molar-refractivity contribution >= 4 is 141 Å². The molecule has 4 rings (SSSR count). The van der Waals surface area contributed by atoms with Gasteiger partial charge >= 0.3 is 384 Å². The van der Waals surface area contributed by atoms with E-state index in [1.807, 2.05) is 0 Å². The molecule has 4 aliphatic rings. The molecule has 712 valence electrons. The summed E-state index contributed by atoms with van der Waals surface area (Å²) in [6.45, 7) is -8.89. The van der Waals surface area contributed by atoms with Crippen molar-refractivity contribution in [2.45, 2.75) is 239 Å².